The van der Waals surface area contributed by atoms with Crippen molar-refractivity contribution in [3.05, 3.63) is 71.3 Å². The summed E-state index contributed by atoms with van der Waals surface area (Å²) in [7, 11) is 0. The van der Waals surface area contributed by atoms with Crippen LogP contribution >= 0.6 is 0 Å². The summed E-state index contributed by atoms with van der Waals surface area (Å²) >= 11 is 0. The second-order valence-electron chi connectivity index (χ2n) is 8.25. The van der Waals surface area contributed by atoms with Crippen LogP contribution in [0.5, 0.6) is 0 Å². The summed E-state index contributed by atoms with van der Waals surface area (Å²) in [4.78, 5) is 62.1. The number of carboxylic acids is 1. The first-order chi connectivity index (χ1) is 17.6. The zero-order chi connectivity index (χ0) is 27.0. The zero-order valence-electron chi connectivity index (χ0n) is 19.8. The van der Waals surface area contributed by atoms with Crippen LogP contribution in [0, 0.1) is 0 Å². The fourth-order valence-corrected chi connectivity index (χ4v) is 3.55. The number of hydrazone groups is 1. The number of ether oxygens (including phenoxy) is 1. The van der Waals surface area contributed by atoms with E-state index in [9.17, 15) is 29.1 Å². The zero-order valence-corrected chi connectivity index (χ0v) is 19.8. The molecule has 37 heavy (non-hydrogen) atoms. The molecule has 194 valence electrons. The Bertz CT molecular complexity index is 1200. The van der Waals surface area contributed by atoms with E-state index in [0.29, 0.717) is 16.7 Å². The fraction of sp³-hybridized carbons (Fsp3) is 0.250. The second kappa shape index (κ2) is 11.7. The number of carbonyl (C=O) groups excluding carboxylic acids is 4. The average Bonchev–Trinajstić information content (AvgIpc) is 3.10. The minimum atomic E-state index is -1.50. The summed E-state index contributed by atoms with van der Waals surface area (Å²) in [6, 6.07) is 13.1. The minimum Gasteiger partial charge on any atom is -0.480 e. The number of benzene rings is 2. The van der Waals surface area contributed by atoms with E-state index in [1.54, 1.807) is 54.6 Å². The number of amides is 5. The van der Waals surface area contributed by atoms with Gasteiger partial charge < -0.3 is 31.6 Å². The van der Waals surface area contributed by atoms with E-state index in [1.807, 2.05) is 0 Å². The maximum Gasteiger partial charge on any atom is 0.408 e. The molecule has 2 aromatic rings. The molecule has 0 aromatic heterocycles. The van der Waals surface area contributed by atoms with Crippen molar-refractivity contribution in [1.29, 1.82) is 0 Å². The molecule has 6 N–H and O–H groups in total. The topological polar surface area (TPSA) is 193 Å². The summed E-state index contributed by atoms with van der Waals surface area (Å²) < 4.78 is 4.99. The first-order valence-electron chi connectivity index (χ1n) is 11.1. The summed E-state index contributed by atoms with van der Waals surface area (Å²) in [6.45, 7) is 0.283. The standard InChI is InChI=1S/C24H26N6O7/c1-24(17-9-7-15(8-10-17)11-27-25)21(34)30(22(35)29-24)13-19(31)26-12-18(20(32)33)28-23(36)37-14-16-5-3-2-4-6-16/h2-11,18H,12-14,25H2,1H3,(H,26,31)(H,28,36)(H,29,35)(H,32,33). The molecule has 13 heteroatoms. The molecule has 5 amide bonds. The second-order valence-corrected chi connectivity index (χ2v) is 8.25. The maximum atomic E-state index is 13.0. The van der Waals surface area contributed by atoms with Crippen molar-refractivity contribution in [2.75, 3.05) is 13.1 Å². The SMILES string of the molecule is CC1(c2ccc(C=NN)cc2)NC(=O)N(CC(=O)NCC(NC(=O)OCc2ccccc2)C(=O)O)C1=O. The van der Waals surface area contributed by atoms with Crippen LogP contribution in [0.3, 0.4) is 0 Å². The predicted octanol–water partition coefficient (Wildman–Crippen LogP) is 0.242. The lowest BCUT2D eigenvalue weighted by Crippen LogP contribution is -2.50. The monoisotopic (exact) mass is 510 g/mol. The van der Waals surface area contributed by atoms with Gasteiger partial charge in [-0.05, 0) is 23.6 Å². The van der Waals surface area contributed by atoms with E-state index in [4.69, 9.17) is 10.6 Å². The normalized spacial score (nSPS) is 17.8. The molecule has 3 rings (SSSR count). The molecule has 0 spiro atoms. The number of nitrogens with two attached hydrogens (primary N) is 1. The predicted molar refractivity (Wildman–Crippen MR) is 130 cm³/mol. The number of alkyl carbamates (subject to hydrolysis) is 1. The Morgan fingerprint density at radius 3 is 2.46 bits per heavy atom. The minimum absolute atomic E-state index is 0.0698. The highest BCUT2D eigenvalue weighted by Gasteiger charge is 2.49. The van der Waals surface area contributed by atoms with Crippen molar-refractivity contribution in [2.45, 2.75) is 25.1 Å². The molecular weight excluding hydrogens is 484 g/mol. The number of hydrogen-bond acceptors (Lipinski definition) is 8. The Balaban J connectivity index is 1.54. The molecule has 13 nitrogen and oxygen atoms in total. The van der Waals surface area contributed by atoms with Gasteiger partial charge in [-0.15, -0.1) is 0 Å². The van der Waals surface area contributed by atoms with Crippen LogP contribution in [0.25, 0.3) is 0 Å². The van der Waals surface area contributed by atoms with Gasteiger partial charge in [0.2, 0.25) is 5.91 Å². The van der Waals surface area contributed by atoms with Crippen molar-refractivity contribution in [2.24, 2.45) is 10.9 Å². The largest absolute Gasteiger partial charge is 0.480 e. The molecule has 0 saturated carbocycles. The van der Waals surface area contributed by atoms with E-state index in [0.717, 1.165) is 4.90 Å². The highest BCUT2D eigenvalue weighted by molar-refractivity contribution is 6.09. The van der Waals surface area contributed by atoms with Crippen LogP contribution in [0.4, 0.5) is 9.59 Å². The van der Waals surface area contributed by atoms with Gasteiger partial charge in [0.05, 0.1) is 6.21 Å². The number of carbonyl (C=O) groups is 5. The van der Waals surface area contributed by atoms with Crippen LogP contribution in [0.1, 0.15) is 23.6 Å². The van der Waals surface area contributed by atoms with Gasteiger partial charge in [-0.2, -0.15) is 5.10 Å². The summed E-state index contributed by atoms with van der Waals surface area (Å²) in [5.41, 5.74) is 0.461. The lowest BCUT2D eigenvalue weighted by Gasteiger charge is -2.22. The van der Waals surface area contributed by atoms with Gasteiger partial charge in [0, 0.05) is 6.54 Å². The van der Waals surface area contributed by atoms with Crippen LogP contribution in [-0.2, 0) is 31.3 Å². The molecule has 0 aliphatic carbocycles. The Morgan fingerprint density at radius 2 is 1.84 bits per heavy atom. The quantitative estimate of drug-likeness (QED) is 0.130. The summed E-state index contributed by atoms with van der Waals surface area (Å²) in [6.07, 6.45) is 0.430. The number of imide groups is 1. The van der Waals surface area contributed by atoms with Gasteiger partial charge in [-0.1, -0.05) is 54.6 Å². The molecule has 1 fully saturated rings. The van der Waals surface area contributed by atoms with E-state index < -0.39 is 54.6 Å². The van der Waals surface area contributed by atoms with E-state index >= 15 is 0 Å². The van der Waals surface area contributed by atoms with Crippen molar-refractivity contribution in [1.82, 2.24) is 20.9 Å². The Labute approximate surface area is 211 Å². The Kier molecular flexibility index (Phi) is 8.40. The first-order valence-corrected chi connectivity index (χ1v) is 11.1. The van der Waals surface area contributed by atoms with Gasteiger partial charge in [0.25, 0.3) is 5.91 Å². The smallest absolute Gasteiger partial charge is 0.408 e. The molecule has 0 radical (unpaired) electrons. The Morgan fingerprint density at radius 1 is 1.16 bits per heavy atom. The number of aliphatic carboxylic acids is 1. The third-order valence-corrected chi connectivity index (χ3v) is 5.59. The number of carboxylic acid groups (broad SMARTS) is 1. The van der Waals surface area contributed by atoms with Crippen molar-refractivity contribution in [3.63, 3.8) is 0 Å². The molecule has 0 bridgehead atoms. The number of nitrogens with zero attached hydrogens (tertiary/aromatic N) is 2. The molecule has 1 heterocycles. The van der Waals surface area contributed by atoms with Crippen LogP contribution in [0.15, 0.2) is 59.7 Å². The van der Waals surface area contributed by atoms with E-state index in [1.165, 1.54) is 13.1 Å². The van der Waals surface area contributed by atoms with Gasteiger partial charge in [0.15, 0.2) is 0 Å². The maximum absolute atomic E-state index is 13.0. The molecular formula is C24H26N6O7. The van der Waals surface area contributed by atoms with Gasteiger partial charge in [-0.3, -0.25) is 14.5 Å². The third kappa shape index (κ3) is 6.60. The summed E-state index contributed by atoms with van der Waals surface area (Å²) in [5.74, 6) is 2.25. The van der Waals surface area contributed by atoms with Crippen molar-refractivity contribution in [3.8, 4) is 0 Å². The van der Waals surface area contributed by atoms with Gasteiger partial charge >= 0.3 is 18.1 Å². The molecule has 1 saturated heterocycles. The van der Waals surface area contributed by atoms with E-state index in [2.05, 4.69) is 21.1 Å². The van der Waals surface area contributed by atoms with Gasteiger partial charge in [-0.25, -0.2) is 14.4 Å². The van der Waals surface area contributed by atoms with Crippen LogP contribution in [0.2, 0.25) is 0 Å². The number of rotatable bonds is 10. The molecule has 2 unspecified atom stereocenters. The third-order valence-electron chi connectivity index (χ3n) is 5.59. The highest BCUT2D eigenvalue weighted by atomic mass is 16.5. The molecule has 1 aliphatic heterocycles. The van der Waals surface area contributed by atoms with E-state index in [-0.39, 0.29) is 6.61 Å². The van der Waals surface area contributed by atoms with Crippen LogP contribution in [-0.4, -0.2) is 65.3 Å². The molecule has 2 atom stereocenters. The number of nitrogens with one attached hydrogen (secondary N) is 3. The number of urea groups is 1. The lowest BCUT2D eigenvalue weighted by molar-refractivity contribution is -0.139. The summed E-state index contributed by atoms with van der Waals surface area (Å²) in [5, 5.41) is 19.8. The number of hydrogen-bond donors (Lipinski definition) is 5. The molecule has 2 aromatic carbocycles. The molecule has 1 aliphatic rings. The highest BCUT2D eigenvalue weighted by Crippen LogP contribution is 2.28. The van der Waals surface area contributed by atoms with Crippen molar-refractivity contribution >= 4 is 36.1 Å². The lowest BCUT2D eigenvalue weighted by atomic mass is 9.91. The van der Waals surface area contributed by atoms with Crippen molar-refractivity contribution < 1.29 is 33.8 Å². The van der Waals surface area contributed by atoms with Crippen LogP contribution < -0.4 is 21.8 Å². The Hall–Kier alpha value is -4.94. The van der Waals surface area contributed by atoms with Gasteiger partial charge in [0.1, 0.15) is 24.7 Å². The first kappa shape index (κ1) is 26.7. The fourth-order valence-electron chi connectivity index (χ4n) is 3.55. The average molecular weight is 511 g/mol.